The summed E-state index contributed by atoms with van der Waals surface area (Å²) in [4.78, 5) is 55.6. The zero-order chi connectivity index (χ0) is 23.3. The standard InChI is InChI=1S/C21H23N3O6S2/c1-4-7-22-12(2)30-21(28)18-14(10-29-13(3)25)11-32-20-17(19(27)24(18)20)23-16(26)9-15-6-5-8-31-15/h4-6,8,17,20H,1,7,9-11H2,2-3H3,(H,23,26)/t17-,20-/m1/s1. The highest BCUT2D eigenvalue weighted by Gasteiger charge is 2.54. The molecule has 1 N–H and O–H groups in total. The van der Waals surface area contributed by atoms with Crippen molar-refractivity contribution >= 4 is 52.7 Å². The molecule has 0 radical (unpaired) electrons. The molecule has 0 unspecified atom stereocenters. The van der Waals surface area contributed by atoms with Crippen LogP contribution in [0.5, 0.6) is 0 Å². The molecule has 2 atom stereocenters. The molecule has 2 aliphatic rings. The van der Waals surface area contributed by atoms with Gasteiger partial charge in [0.1, 0.15) is 23.7 Å². The molecule has 9 nitrogen and oxygen atoms in total. The van der Waals surface area contributed by atoms with Crippen molar-refractivity contribution in [2.45, 2.75) is 31.7 Å². The van der Waals surface area contributed by atoms with Crippen LogP contribution in [0.4, 0.5) is 0 Å². The summed E-state index contributed by atoms with van der Waals surface area (Å²) in [5, 5.41) is 4.18. The number of thiophene rings is 1. The Morgan fingerprint density at radius 1 is 1.38 bits per heavy atom. The van der Waals surface area contributed by atoms with Crippen molar-refractivity contribution in [2.75, 3.05) is 18.9 Å². The molecule has 0 spiro atoms. The minimum Gasteiger partial charge on any atom is -0.461 e. The maximum atomic E-state index is 12.9. The number of hydrogen-bond acceptors (Lipinski definition) is 9. The molecule has 1 aromatic rings. The molecule has 2 aliphatic heterocycles. The van der Waals surface area contributed by atoms with Crippen LogP contribution in [0.15, 0.2) is 46.4 Å². The molecule has 32 heavy (non-hydrogen) atoms. The second kappa shape index (κ2) is 10.6. The lowest BCUT2D eigenvalue weighted by molar-refractivity contribution is -0.150. The molecule has 0 saturated carbocycles. The van der Waals surface area contributed by atoms with Crippen LogP contribution in [-0.4, -0.2) is 64.9 Å². The molecule has 0 bridgehead atoms. The van der Waals surface area contributed by atoms with E-state index in [0.29, 0.717) is 11.3 Å². The first kappa shape index (κ1) is 23.7. The quantitative estimate of drug-likeness (QED) is 0.199. The lowest BCUT2D eigenvalue weighted by Crippen LogP contribution is -2.70. The van der Waals surface area contributed by atoms with E-state index < -0.39 is 29.3 Å². The lowest BCUT2D eigenvalue weighted by Gasteiger charge is -2.49. The van der Waals surface area contributed by atoms with E-state index in [1.807, 2.05) is 17.5 Å². The molecule has 1 aromatic heterocycles. The van der Waals surface area contributed by atoms with Crippen LogP contribution >= 0.6 is 23.1 Å². The van der Waals surface area contributed by atoms with E-state index in [4.69, 9.17) is 9.47 Å². The van der Waals surface area contributed by atoms with Crippen LogP contribution in [-0.2, 0) is 35.1 Å². The number of nitrogens with zero attached hydrogens (tertiary/aromatic N) is 2. The summed E-state index contributed by atoms with van der Waals surface area (Å²) in [6, 6.07) is 2.96. The number of nitrogens with one attached hydrogen (secondary N) is 1. The highest BCUT2D eigenvalue weighted by atomic mass is 32.2. The zero-order valence-corrected chi connectivity index (χ0v) is 19.3. The molecule has 1 saturated heterocycles. The number of fused-ring (bicyclic) bond motifs is 1. The van der Waals surface area contributed by atoms with Gasteiger partial charge in [-0.25, -0.2) is 4.79 Å². The molecule has 11 heteroatoms. The van der Waals surface area contributed by atoms with E-state index in [1.54, 1.807) is 6.08 Å². The van der Waals surface area contributed by atoms with Gasteiger partial charge >= 0.3 is 11.9 Å². The summed E-state index contributed by atoms with van der Waals surface area (Å²) in [5.74, 6) is -1.49. The second-order valence-electron chi connectivity index (χ2n) is 6.98. The number of rotatable bonds is 8. The van der Waals surface area contributed by atoms with E-state index in [9.17, 15) is 19.2 Å². The van der Waals surface area contributed by atoms with Gasteiger partial charge in [-0.15, -0.1) is 29.7 Å². The van der Waals surface area contributed by atoms with Crippen molar-refractivity contribution in [2.24, 2.45) is 4.99 Å². The fourth-order valence-corrected chi connectivity index (χ4v) is 5.21. The van der Waals surface area contributed by atoms with Gasteiger partial charge in [0.25, 0.3) is 5.91 Å². The summed E-state index contributed by atoms with van der Waals surface area (Å²) >= 11 is 2.84. The number of carbonyl (C=O) groups is 4. The van der Waals surface area contributed by atoms with Crippen molar-refractivity contribution in [1.29, 1.82) is 0 Å². The summed E-state index contributed by atoms with van der Waals surface area (Å²) < 4.78 is 10.3. The van der Waals surface area contributed by atoms with E-state index in [-0.39, 0.29) is 37.1 Å². The number of hydrogen-bond donors (Lipinski definition) is 1. The van der Waals surface area contributed by atoms with Gasteiger partial charge in [-0.1, -0.05) is 12.1 Å². The highest BCUT2D eigenvalue weighted by molar-refractivity contribution is 8.00. The molecule has 2 amide bonds. The van der Waals surface area contributed by atoms with Gasteiger partial charge in [0.15, 0.2) is 5.90 Å². The fourth-order valence-electron chi connectivity index (χ4n) is 3.18. The van der Waals surface area contributed by atoms with Crippen molar-refractivity contribution in [3.63, 3.8) is 0 Å². The third-order valence-corrected chi connectivity index (χ3v) is 6.82. The van der Waals surface area contributed by atoms with Crippen molar-refractivity contribution in [1.82, 2.24) is 10.2 Å². The third kappa shape index (κ3) is 5.46. The smallest absolute Gasteiger partial charge is 0.361 e. The van der Waals surface area contributed by atoms with Crippen molar-refractivity contribution in [3.8, 4) is 0 Å². The van der Waals surface area contributed by atoms with E-state index in [1.165, 1.54) is 41.8 Å². The average molecular weight is 478 g/mol. The number of ether oxygens (including phenoxy) is 2. The van der Waals surface area contributed by atoms with Gasteiger partial charge in [-0.05, 0) is 11.4 Å². The Labute approximate surface area is 193 Å². The minimum absolute atomic E-state index is 0.0249. The lowest BCUT2D eigenvalue weighted by atomic mass is 10.0. The Morgan fingerprint density at radius 3 is 2.81 bits per heavy atom. The summed E-state index contributed by atoms with van der Waals surface area (Å²) in [6.45, 7) is 6.48. The summed E-state index contributed by atoms with van der Waals surface area (Å²) in [7, 11) is 0. The van der Waals surface area contributed by atoms with Gasteiger partial charge in [-0.3, -0.25) is 24.3 Å². The zero-order valence-electron chi connectivity index (χ0n) is 17.7. The maximum absolute atomic E-state index is 12.9. The average Bonchev–Trinajstić information content (AvgIpc) is 3.26. The Balaban J connectivity index is 1.76. The van der Waals surface area contributed by atoms with Crippen molar-refractivity contribution in [3.05, 3.63) is 46.3 Å². The summed E-state index contributed by atoms with van der Waals surface area (Å²) in [6.07, 6.45) is 1.73. The van der Waals surface area contributed by atoms with Crippen LogP contribution in [0.1, 0.15) is 18.7 Å². The topological polar surface area (TPSA) is 114 Å². The minimum atomic E-state index is -0.764. The first-order valence-electron chi connectivity index (χ1n) is 9.77. The van der Waals surface area contributed by atoms with Crippen molar-refractivity contribution < 1.29 is 28.7 Å². The van der Waals surface area contributed by atoms with Crippen LogP contribution in [0.3, 0.4) is 0 Å². The molecular formula is C21H23N3O6S2. The number of esters is 2. The van der Waals surface area contributed by atoms with Gasteiger partial charge in [-0.2, -0.15) is 0 Å². The van der Waals surface area contributed by atoms with Crippen LogP contribution in [0.2, 0.25) is 0 Å². The predicted octanol–water partition coefficient (Wildman–Crippen LogP) is 1.66. The molecule has 0 aliphatic carbocycles. The molecule has 0 aromatic carbocycles. The number of carbonyl (C=O) groups excluding carboxylic acids is 4. The number of thioether (sulfide) groups is 1. The van der Waals surface area contributed by atoms with Gasteiger partial charge in [0.2, 0.25) is 5.91 Å². The monoisotopic (exact) mass is 477 g/mol. The van der Waals surface area contributed by atoms with Gasteiger partial charge < -0.3 is 14.8 Å². The van der Waals surface area contributed by atoms with E-state index in [2.05, 4.69) is 16.9 Å². The van der Waals surface area contributed by atoms with Crippen LogP contribution in [0.25, 0.3) is 0 Å². The Hall–Kier alpha value is -2.92. The Kier molecular flexibility index (Phi) is 7.86. The SMILES string of the molecule is C=CCN=C(C)OC(=O)C1=C(COC(C)=O)CS[C@@H]2[C@H](NC(=O)Cc3cccs3)C(=O)N12. The summed E-state index contributed by atoms with van der Waals surface area (Å²) in [5.41, 5.74) is 0.483. The molecule has 3 heterocycles. The first-order chi connectivity index (χ1) is 15.3. The van der Waals surface area contributed by atoms with Crippen LogP contribution < -0.4 is 5.32 Å². The van der Waals surface area contributed by atoms with E-state index in [0.717, 1.165) is 4.88 Å². The third-order valence-electron chi connectivity index (χ3n) is 4.61. The predicted molar refractivity (Wildman–Crippen MR) is 121 cm³/mol. The van der Waals surface area contributed by atoms with E-state index >= 15 is 0 Å². The Bertz CT molecular complexity index is 986. The van der Waals surface area contributed by atoms with Crippen LogP contribution in [0, 0.1) is 0 Å². The largest absolute Gasteiger partial charge is 0.461 e. The number of aliphatic imine (C=N–C) groups is 1. The van der Waals surface area contributed by atoms with Gasteiger partial charge in [0, 0.05) is 30.1 Å². The van der Waals surface area contributed by atoms with Gasteiger partial charge in [0.05, 0.1) is 13.0 Å². The maximum Gasteiger partial charge on any atom is 0.361 e. The molecular weight excluding hydrogens is 454 g/mol. The molecule has 170 valence electrons. The number of β-lactam (4-membered cyclic amide) rings is 1. The number of amides is 2. The first-order valence-corrected chi connectivity index (χ1v) is 11.7. The molecule has 3 rings (SSSR count). The second-order valence-corrected chi connectivity index (χ2v) is 9.12. The normalized spacial score (nSPS) is 20.2. The Morgan fingerprint density at radius 2 is 2.16 bits per heavy atom. The molecule has 1 fully saturated rings. The fraction of sp³-hybridized carbons (Fsp3) is 0.381. The highest BCUT2D eigenvalue weighted by Crippen LogP contribution is 2.40.